The summed E-state index contributed by atoms with van der Waals surface area (Å²) in [5, 5.41) is 3.59. The standard InChI is InChI=1S/C20H31N3OS2/c1-6-23(7-2)13-9-12-22(4)20(24)18-15(3)21-19(26-18)16-10-8-11-17(14-16)25-5/h8,10-11,14,19,21H,6-7,9,12-13H2,1-5H3. The Bertz CT molecular complexity index is 644. The highest BCUT2D eigenvalue weighted by Gasteiger charge is 2.29. The summed E-state index contributed by atoms with van der Waals surface area (Å²) in [5.74, 6) is 0.128. The average Bonchev–Trinajstić information content (AvgIpc) is 3.06. The van der Waals surface area contributed by atoms with E-state index in [1.165, 1.54) is 10.5 Å². The van der Waals surface area contributed by atoms with E-state index >= 15 is 0 Å². The maximum atomic E-state index is 12.9. The van der Waals surface area contributed by atoms with Crippen molar-refractivity contribution in [1.82, 2.24) is 15.1 Å². The van der Waals surface area contributed by atoms with Gasteiger partial charge in [0.15, 0.2) is 0 Å². The molecule has 6 heteroatoms. The number of carbonyl (C=O) groups is 1. The maximum absolute atomic E-state index is 12.9. The second-order valence-corrected chi connectivity index (χ2v) is 8.48. The van der Waals surface area contributed by atoms with Gasteiger partial charge in [-0.1, -0.05) is 37.7 Å². The maximum Gasteiger partial charge on any atom is 0.261 e. The van der Waals surface area contributed by atoms with Crippen molar-refractivity contribution in [2.45, 2.75) is 37.5 Å². The van der Waals surface area contributed by atoms with E-state index in [0.29, 0.717) is 0 Å². The Hall–Kier alpha value is -1.11. The van der Waals surface area contributed by atoms with Gasteiger partial charge in [0.1, 0.15) is 5.37 Å². The fourth-order valence-electron chi connectivity index (χ4n) is 3.01. The zero-order valence-corrected chi connectivity index (χ0v) is 18.2. The number of likely N-dealkylation sites (N-methyl/N-ethyl adjacent to an activating group) is 1. The Kier molecular flexibility index (Phi) is 8.38. The topological polar surface area (TPSA) is 35.6 Å². The molecule has 144 valence electrons. The molecule has 0 saturated heterocycles. The fraction of sp³-hybridized carbons (Fsp3) is 0.550. The molecule has 1 atom stereocenters. The molecule has 1 amide bonds. The summed E-state index contributed by atoms with van der Waals surface area (Å²) >= 11 is 3.37. The lowest BCUT2D eigenvalue weighted by Crippen LogP contribution is -2.32. The van der Waals surface area contributed by atoms with Crippen LogP contribution in [0, 0.1) is 0 Å². The van der Waals surface area contributed by atoms with Gasteiger partial charge in [0.25, 0.3) is 5.91 Å². The SMILES string of the molecule is CCN(CC)CCCN(C)C(=O)C1=C(C)NC(c2cccc(SC)c2)S1. The van der Waals surface area contributed by atoms with E-state index in [1.807, 2.05) is 18.9 Å². The lowest BCUT2D eigenvalue weighted by molar-refractivity contribution is -0.125. The second kappa shape index (κ2) is 10.3. The third-order valence-corrected chi connectivity index (χ3v) is 6.79. The summed E-state index contributed by atoms with van der Waals surface area (Å²) in [4.78, 5) is 19.2. The van der Waals surface area contributed by atoms with Gasteiger partial charge in [-0.25, -0.2) is 0 Å². The van der Waals surface area contributed by atoms with Crippen LogP contribution in [-0.4, -0.2) is 55.2 Å². The van der Waals surface area contributed by atoms with Gasteiger partial charge < -0.3 is 15.1 Å². The van der Waals surface area contributed by atoms with Crippen LogP contribution in [0.25, 0.3) is 0 Å². The minimum Gasteiger partial charge on any atom is -0.372 e. The summed E-state index contributed by atoms with van der Waals surface area (Å²) in [5.41, 5.74) is 2.20. The molecule has 26 heavy (non-hydrogen) atoms. The smallest absolute Gasteiger partial charge is 0.261 e. The monoisotopic (exact) mass is 393 g/mol. The predicted molar refractivity (Wildman–Crippen MR) is 114 cm³/mol. The molecule has 0 aliphatic carbocycles. The van der Waals surface area contributed by atoms with Crippen LogP contribution in [0.4, 0.5) is 0 Å². The van der Waals surface area contributed by atoms with Gasteiger partial charge in [-0.15, -0.1) is 11.8 Å². The first-order valence-corrected chi connectivity index (χ1v) is 11.4. The lowest BCUT2D eigenvalue weighted by atomic mass is 10.2. The quantitative estimate of drug-likeness (QED) is 0.637. The van der Waals surface area contributed by atoms with E-state index in [1.54, 1.807) is 23.5 Å². The lowest BCUT2D eigenvalue weighted by Gasteiger charge is -2.21. The van der Waals surface area contributed by atoms with Crippen LogP contribution in [0.1, 0.15) is 38.1 Å². The van der Waals surface area contributed by atoms with Crippen molar-refractivity contribution >= 4 is 29.4 Å². The van der Waals surface area contributed by atoms with E-state index in [2.05, 4.69) is 54.6 Å². The van der Waals surface area contributed by atoms with Crippen LogP contribution in [0.5, 0.6) is 0 Å². The van der Waals surface area contributed by atoms with Crippen LogP contribution in [0.3, 0.4) is 0 Å². The zero-order chi connectivity index (χ0) is 19.1. The zero-order valence-electron chi connectivity index (χ0n) is 16.5. The molecule has 1 aromatic carbocycles. The molecule has 0 fully saturated rings. The first kappa shape index (κ1) is 21.2. The van der Waals surface area contributed by atoms with Gasteiger partial charge in [-0.05, 0) is 56.9 Å². The van der Waals surface area contributed by atoms with Crippen molar-refractivity contribution in [3.05, 3.63) is 40.4 Å². The molecule has 1 aliphatic rings. The van der Waals surface area contributed by atoms with Crippen LogP contribution in [0.2, 0.25) is 0 Å². The number of nitrogens with zero attached hydrogens (tertiary/aromatic N) is 2. The van der Waals surface area contributed by atoms with Crippen LogP contribution in [-0.2, 0) is 4.79 Å². The molecule has 1 heterocycles. The minimum atomic E-state index is 0.116. The number of nitrogens with one attached hydrogen (secondary N) is 1. The number of hydrogen-bond donors (Lipinski definition) is 1. The molecule has 0 aromatic heterocycles. The van der Waals surface area contributed by atoms with Crippen molar-refractivity contribution in [3.8, 4) is 0 Å². The molecule has 1 aromatic rings. The first-order chi connectivity index (χ1) is 12.5. The van der Waals surface area contributed by atoms with Crippen LogP contribution >= 0.6 is 23.5 Å². The predicted octanol–water partition coefficient (Wildman–Crippen LogP) is 4.17. The first-order valence-electron chi connectivity index (χ1n) is 9.25. The van der Waals surface area contributed by atoms with Crippen LogP contribution in [0.15, 0.2) is 39.8 Å². The molecule has 4 nitrogen and oxygen atoms in total. The Morgan fingerprint density at radius 3 is 2.65 bits per heavy atom. The summed E-state index contributed by atoms with van der Waals surface area (Å²) in [7, 11) is 1.91. The van der Waals surface area contributed by atoms with Crippen molar-refractivity contribution in [1.29, 1.82) is 0 Å². The van der Waals surface area contributed by atoms with Gasteiger partial charge in [-0.2, -0.15) is 0 Å². The molecular weight excluding hydrogens is 362 g/mol. The second-order valence-electron chi connectivity index (χ2n) is 6.48. The number of amides is 1. The third-order valence-electron chi connectivity index (χ3n) is 4.72. The van der Waals surface area contributed by atoms with Crippen molar-refractivity contribution < 1.29 is 4.79 Å². The Morgan fingerprint density at radius 1 is 1.27 bits per heavy atom. The van der Waals surface area contributed by atoms with Gasteiger partial charge in [0.05, 0.1) is 4.91 Å². The highest BCUT2D eigenvalue weighted by molar-refractivity contribution is 8.04. The van der Waals surface area contributed by atoms with Crippen molar-refractivity contribution in [2.24, 2.45) is 0 Å². The molecule has 1 aliphatic heterocycles. The molecule has 0 radical (unpaired) electrons. The fourth-order valence-corrected chi connectivity index (χ4v) is 4.73. The number of benzene rings is 1. The molecule has 0 spiro atoms. The number of carbonyl (C=O) groups excluding carboxylic acids is 1. The van der Waals surface area contributed by atoms with E-state index in [0.717, 1.165) is 43.2 Å². The van der Waals surface area contributed by atoms with E-state index in [-0.39, 0.29) is 11.3 Å². The molecule has 1 unspecified atom stereocenters. The Morgan fingerprint density at radius 2 is 2.00 bits per heavy atom. The largest absolute Gasteiger partial charge is 0.372 e. The van der Waals surface area contributed by atoms with E-state index < -0.39 is 0 Å². The summed E-state index contributed by atoms with van der Waals surface area (Å²) < 4.78 is 0. The van der Waals surface area contributed by atoms with Gasteiger partial charge in [0, 0.05) is 24.2 Å². The van der Waals surface area contributed by atoms with Crippen molar-refractivity contribution in [2.75, 3.05) is 39.5 Å². The van der Waals surface area contributed by atoms with Gasteiger partial charge in [0.2, 0.25) is 0 Å². The summed E-state index contributed by atoms with van der Waals surface area (Å²) in [6.45, 7) is 10.3. The highest BCUT2D eigenvalue weighted by Crippen LogP contribution is 2.41. The normalized spacial score (nSPS) is 16.9. The van der Waals surface area contributed by atoms with E-state index in [4.69, 9.17) is 0 Å². The van der Waals surface area contributed by atoms with Gasteiger partial charge >= 0.3 is 0 Å². The number of hydrogen-bond acceptors (Lipinski definition) is 5. The number of allylic oxidation sites excluding steroid dienone is 1. The molecule has 1 N–H and O–H groups in total. The average molecular weight is 394 g/mol. The van der Waals surface area contributed by atoms with Gasteiger partial charge in [-0.3, -0.25) is 4.79 Å². The number of thioether (sulfide) groups is 2. The Balaban J connectivity index is 1.93. The van der Waals surface area contributed by atoms with Crippen LogP contribution < -0.4 is 5.32 Å². The Labute approximate surface area is 166 Å². The summed E-state index contributed by atoms with van der Waals surface area (Å²) in [6, 6.07) is 8.52. The number of rotatable bonds is 9. The summed E-state index contributed by atoms with van der Waals surface area (Å²) in [6.07, 6.45) is 3.09. The molecule has 0 saturated carbocycles. The van der Waals surface area contributed by atoms with E-state index in [9.17, 15) is 4.79 Å². The minimum absolute atomic E-state index is 0.116. The van der Waals surface area contributed by atoms with Crippen molar-refractivity contribution in [3.63, 3.8) is 0 Å². The molecular formula is C20H31N3OS2. The highest BCUT2D eigenvalue weighted by atomic mass is 32.2. The third kappa shape index (κ3) is 5.44. The molecule has 2 rings (SSSR count). The molecule has 0 bridgehead atoms.